The van der Waals surface area contributed by atoms with Crippen molar-refractivity contribution in [1.82, 2.24) is 10.2 Å². The second-order valence-electron chi connectivity index (χ2n) is 5.33. The van der Waals surface area contributed by atoms with E-state index in [0.717, 1.165) is 38.5 Å². The molecule has 0 aromatic carbocycles. The summed E-state index contributed by atoms with van der Waals surface area (Å²) in [6, 6.07) is 0. The molecule has 0 radical (unpaired) electrons. The Morgan fingerprint density at radius 2 is 1.89 bits per heavy atom. The van der Waals surface area contributed by atoms with E-state index < -0.39 is 6.10 Å². The molecule has 1 unspecified atom stereocenters. The normalized spacial score (nSPS) is 25.2. The number of likely N-dealkylation sites (tertiary alicyclic amines) is 1. The minimum Gasteiger partial charge on any atom is -0.391 e. The number of amides is 2. The number of aliphatic hydroxyl groups excluding tert-OH is 1. The lowest BCUT2D eigenvalue weighted by atomic mass is 10.1. The SMILES string of the molecule is O=C(NCC(=O)N1CCCC(O)C1)C1CCCC1. The van der Waals surface area contributed by atoms with Gasteiger partial charge in [-0.05, 0) is 25.7 Å². The van der Waals surface area contributed by atoms with Crippen molar-refractivity contribution in [3.8, 4) is 0 Å². The number of carbonyl (C=O) groups excluding carboxylic acids is 2. The summed E-state index contributed by atoms with van der Waals surface area (Å²) in [5.41, 5.74) is 0. The first kappa shape index (κ1) is 13.3. The molecule has 2 rings (SSSR count). The Bertz CT molecular complexity index is 313. The van der Waals surface area contributed by atoms with E-state index >= 15 is 0 Å². The van der Waals surface area contributed by atoms with Crippen LogP contribution in [0.5, 0.6) is 0 Å². The summed E-state index contributed by atoms with van der Waals surface area (Å²) in [5, 5.41) is 12.2. The smallest absolute Gasteiger partial charge is 0.242 e. The maximum absolute atomic E-state index is 11.9. The molecule has 1 heterocycles. The van der Waals surface area contributed by atoms with Crippen molar-refractivity contribution in [3.63, 3.8) is 0 Å². The van der Waals surface area contributed by atoms with Crippen molar-refractivity contribution in [3.05, 3.63) is 0 Å². The molecule has 1 saturated heterocycles. The molecular weight excluding hydrogens is 232 g/mol. The predicted molar refractivity (Wildman–Crippen MR) is 66.8 cm³/mol. The maximum atomic E-state index is 11.9. The number of aliphatic hydroxyl groups is 1. The fourth-order valence-corrected chi connectivity index (χ4v) is 2.79. The molecule has 5 nitrogen and oxygen atoms in total. The summed E-state index contributed by atoms with van der Waals surface area (Å²) in [5.74, 6) is 0.0308. The van der Waals surface area contributed by atoms with Crippen LogP contribution in [0.2, 0.25) is 0 Å². The van der Waals surface area contributed by atoms with Crippen molar-refractivity contribution in [2.45, 2.75) is 44.6 Å². The van der Waals surface area contributed by atoms with Gasteiger partial charge >= 0.3 is 0 Å². The zero-order valence-electron chi connectivity index (χ0n) is 10.7. The third-order valence-corrected chi connectivity index (χ3v) is 3.89. The summed E-state index contributed by atoms with van der Waals surface area (Å²) in [6.07, 6.45) is 5.31. The van der Waals surface area contributed by atoms with Crippen LogP contribution in [0.25, 0.3) is 0 Å². The van der Waals surface area contributed by atoms with Crippen molar-refractivity contribution in [2.24, 2.45) is 5.92 Å². The lowest BCUT2D eigenvalue weighted by molar-refractivity contribution is -0.136. The van der Waals surface area contributed by atoms with Gasteiger partial charge in [0.05, 0.1) is 12.6 Å². The zero-order chi connectivity index (χ0) is 13.0. The van der Waals surface area contributed by atoms with Gasteiger partial charge in [0.1, 0.15) is 0 Å². The number of hydrogen-bond donors (Lipinski definition) is 2. The van der Waals surface area contributed by atoms with Gasteiger partial charge in [-0.2, -0.15) is 0 Å². The van der Waals surface area contributed by atoms with E-state index in [0.29, 0.717) is 13.1 Å². The summed E-state index contributed by atoms with van der Waals surface area (Å²) in [4.78, 5) is 25.3. The second-order valence-corrected chi connectivity index (χ2v) is 5.33. The molecule has 0 aromatic heterocycles. The number of β-amino-alcohol motifs (C(OH)–C–C–N with tert-alkyl or cyclic N) is 1. The van der Waals surface area contributed by atoms with Crippen LogP contribution in [0.1, 0.15) is 38.5 Å². The lowest BCUT2D eigenvalue weighted by Crippen LogP contribution is -2.47. The number of piperidine rings is 1. The molecule has 1 aliphatic carbocycles. The second kappa shape index (κ2) is 6.18. The van der Waals surface area contributed by atoms with E-state index in [9.17, 15) is 14.7 Å². The van der Waals surface area contributed by atoms with Crippen LogP contribution in [0.3, 0.4) is 0 Å². The van der Waals surface area contributed by atoms with E-state index in [1.807, 2.05) is 0 Å². The Kier molecular flexibility index (Phi) is 4.58. The standard InChI is InChI=1S/C13H22N2O3/c16-11-6-3-7-15(9-11)12(17)8-14-13(18)10-4-1-2-5-10/h10-11,16H,1-9H2,(H,14,18). The van der Waals surface area contributed by atoms with Crippen molar-refractivity contribution >= 4 is 11.8 Å². The van der Waals surface area contributed by atoms with Crippen LogP contribution < -0.4 is 5.32 Å². The fourth-order valence-electron chi connectivity index (χ4n) is 2.79. The van der Waals surface area contributed by atoms with Crippen LogP contribution in [0, 0.1) is 5.92 Å². The van der Waals surface area contributed by atoms with Crippen LogP contribution in [0.15, 0.2) is 0 Å². The highest BCUT2D eigenvalue weighted by atomic mass is 16.3. The van der Waals surface area contributed by atoms with Crippen LogP contribution in [-0.2, 0) is 9.59 Å². The molecule has 2 fully saturated rings. The lowest BCUT2D eigenvalue weighted by Gasteiger charge is -2.30. The highest BCUT2D eigenvalue weighted by Crippen LogP contribution is 2.24. The summed E-state index contributed by atoms with van der Waals surface area (Å²) < 4.78 is 0. The number of hydrogen-bond acceptors (Lipinski definition) is 3. The number of carbonyl (C=O) groups is 2. The third-order valence-electron chi connectivity index (χ3n) is 3.89. The van der Waals surface area contributed by atoms with E-state index in [-0.39, 0.29) is 24.3 Å². The topological polar surface area (TPSA) is 69.6 Å². The first-order valence-electron chi connectivity index (χ1n) is 6.90. The quantitative estimate of drug-likeness (QED) is 0.760. The number of nitrogens with zero attached hydrogens (tertiary/aromatic N) is 1. The Hall–Kier alpha value is -1.10. The van der Waals surface area contributed by atoms with Crippen LogP contribution in [-0.4, -0.2) is 47.6 Å². The Morgan fingerprint density at radius 3 is 2.56 bits per heavy atom. The Labute approximate surface area is 108 Å². The van der Waals surface area contributed by atoms with Gasteiger partial charge in [-0.1, -0.05) is 12.8 Å². The van der Waals surface area contributed by atoms with Gasteiger partial charge in [-0.25, -0.2) is 0 Å². The van der Waals surface area contributed by atoms with Gasteiger partial charge in [0.15, 0.2) is 0 Å². The molecule has 1 saturated carbocycles. The molecule has 18 heavy (non-hydrogen) atoms. The van der Waals surface area contributed by atoms with E-state index in [2.05, 4.69) is 5.32 Å². The van der Waals surface area contributed by atoms with Crippen molar-refractivity contribution in [2.75, 3.05) is 19.6 Å². The summed E-state index contributed by atoms with van der Waals surface area (Å²) in [6.45, 7) is 1.16. The summed E-state index contributed by atoms with van der Waals surface area (Å²) >= 11 is 0. The molecule has 102 valence electrons. The minimum atomic E-state index is -0.409. The zero-order valence-corrected chi connectivity index (χ0v) is 10.7. The molecule has 1 aliphatic heterocycles. The molecule has 0 bridgehead atoms. The number of nitrogens with one attached hydrogen (secondary N) is 1. The average Bonchev–Trinajstić information content (AvgIpc) is 2.89. The largest absolute Gasteiger partial charge is 0.391 e. The first-order chi connectivity index (χ1) is 8.66. The van der Waals surface area contributed by atoms with E-state index in [4.69, 9.17) is 0 Å². The highest BCUT2D eigenvalue weighted by molar-refractivity contribution is 5.86. The molecule has 2 amide bonds. The van der Waals surface area contributed by atoms with E-state index in [1.165, 1.54) is 0 Å². The van der Waals surface area contributed by atoms with Gasteiger partial charge in [0, 0.05) is 19.0 Å². The summed E-state index contributed by atoms with van der Waals surface area (Å²) in [7, 11) is 0. The van der Waals surface area contributed by atoms with Gasteiger partial charge in [0.2, 0.25) is 11.8 Å². The molecule has 5 heteroatoms. The van der Waals surface area contributed by atoms with Gasteiger partial charge in [-0.3, -0.25) is 9.59 Å². The molecule has 0 aromatic rings. The Morgan fingerprint density at radius 1 is 1.17 bits per heavy atom. The Balaban J connectivity index is 1.72. The molecule has 2 aliphatic rings. The van der Waals surface area contributed by atoms with Gasteiger partial charge < -0.3 is 15.3 Å². The monoisotopic (exact) mass is 254 g/mol. The number of rotatable bonds is 3. The highest BCUT2D eigenvalue weighted by Gasteiger charge is 2.25. The van der Waals surface area contributed by atoms with Crippen LogP contribution >= 0.6 is 0 Å². The molecular formula is C13H22N2O3. The average molecular weight is 254 g/mol. The van der Waals surface area contributed by atoms with Gasteiger partial charge in [0.25, 0.3) is 0 Å². The fraction of sp³-hybridized carbons (Fsp3) is 0.846. The predicted octanol–water partition coefficient (Wildman–Crippen LogP) is 0.276. The third kappa shape index (κ3) is 3.45. The van der Waals surface area contributed by atoms with Crippen molar-refractivity contribution < 1.29 is 14.7 Å². The van der Waals surface area contributed by atoms with Crippen LogP contribution in [0.4, 0.5) is 0 Å². The molecule has 2 N–H and O–H groups in total. The van der Waals surface area contributed by atoms with Crippen molar-refractivity contribution in [1.29, 1.82) is 0 Å². The maximum Gasteiger partial charge on any atom is 0.242 e. The molecule has 0 spiro atoms. The van der Waals surface area contributed by atoms with E-state index in [1.54, 1.807) is 4.90 Å². The molecule has 1 atom stereocenters. The minimum absolute atomic E-state index is 0.0124. The first-order valence-corrected chi connectivity index (χ1v) is 6.90. The van der Waals surface area contributed by atoms with Gasteiger partial charge in [-0.15, -0.1) is 0 Å².